The molecule has 1 fully saturated rings. The van der Waals surface area contributed by atoms with Crippen LogP contribution >= 0.6 is 0 Å². The fourth-order valence-corrected chi connectivity index (χ4v) is 3.88. The van der Waals surface area contributed by atoms with E-state index < -0.39 is 0 Å². The summed E-state index contributed by atoms with van der Waals surface area (Å²) in [5.74, 6) is 0. The lowest BCUT2D eigenvalue weighted by atomic mass is 10.0. The molecule has 0 saturated carbocycles. The Balaban J connectivity index is 1.52. The van der Waals surface area contributed by atoms with Crippen LogP contribution < -0.4 is 4.90 Å². The summed E-state index contributed by atoms with van der Waals surface area (Å²) < 4.78 is 0. The molecule has 0 radical (unpaired) electrons. The lowest BCUT2D eigenvalue weighted by Crippen LogP contribution is -2.45. The first-order chi connectivity index (χ1) is 11.3. The summed E-state index contributed by atoms with van der Waals surface area (Å²) in [7, 11) is 0. The van der Waals surface area contributed by atoms with Crippen LogP contribution in [0.2, 0.25) is 0 Å². The molecule has 0 bridgehead atoms. The maximum Gasteiger partial charge on any atom is 0.324 e. The summed E-state index contributed by atoms with van der Waals surface area (Å²) in [5, 5.41) is 0. The molecule has 2 aromatic carbocycles. The molecule has 4 rings (SSSR count). The van der Waals surface area contributed by atoms with Crippen molar-refractivity contribution in [2.45, 2.75) is 31.7 Å². The predicted molar refractivity (Wildman–Crippen MR) is 92.8 cm³/mol. The van der Waals surface area contributed by atoms with Gasteiger partial charge in [0.25, 0.3) is 0 Å². The predicted octanol–water partition coefficient (Wildman–Crippen LogP) is 3.88. The van der Waals surface area contributed by atoms with Gasteiger partial charge in [0.15, 0.2) is 0 Å². The lowest BCUT2D eigenvalue weighted by Gasteiger charge is -2.30. The molecule has 1 atom stereocenters. The van der Waals surface area contributed by atoms with Crippen LogP contribution in [0.4, 0.5) is 10.5 Å². The number of hydrogen-bond donors (Lipinski definition) is 0. The van der Waals surface area contributed by atoms with E-state index in [0.717, 1.165) is 44.5 Å². The zero-order chi connectivity index (χ0) is 15.6. The number of carbonyl (C=O) groups is 1. The van der Waals surface area contributed by atoms with Gasteiger partial charge in [-0.1, -0.05) is 48.5 Å². The molecular formula is C20H22N2O. The number of para-hydroxylation sites is 1. The zero-order valence-corrected chi connectivity index (χ0v) is 13.3. The van der Waals surface area contributed by atoms with Crippen LogP contribution in [-0.4, -0.2) is 30.1 Å². The molecule has 0 aromatic heterocycles. The van der Waals surface area contributed by atoms with Crippen LogP contribution in [0.15, 0.2) is 54.6 Å². The van der Waals surface area contributed by atoms with Gasteiger partial charge in [-0.05, 0) is 42.9 Å². The van der Waals surface area contributed by atoms with Gasteiger partial charge in [0.2, 0.25) is 0 Å². The number of hydrogen-bond acceptors (Lipinski definition) is 1. The van der Waals surface area contributed by atoms with Gasteiger partial charge in [0.1, 0.15) is 0 Å². The fourth-order valence-electron chi connectivity index (χ4n) is 3.88. The molecule has 0 N–H and O–H groups in total. The van der Waals surface area contributed by atoms with Crippen LogP contribution in [0.1, 0.15) is 24.0 Å². The quantitative estimate of drug-likeness (QED) is 0.826. The number of fused-ring (bicyclic) bond motifs is 1. The molecule has 23 heavy (non-hydrogen) atoms. The van der Waals surface area contributed by atoms with Crippen molar-refractivity contribution in [2.24, 2.45) is 0 Å². The summed E-state index contributed by atoms with van der Waals surface area (Å²) in [5.41, 5.74) is 3.71. The summed E-state index contributed by atoms with van der Waals surface area (Å²) in [4.78, 5) is 17.1. The van der Waals surface area contributed by atoms with Crippen molar-refractivity contribution in [2.75, 3.05) is 18.0 Å². The Morgan fingerprint density at radius 3 is 2.65 bits per heavy atom. The number of anilines is 1. The first-order valence-electron chi connectivity index (χ1n) is 8.53. The van der Waals surface area contributed by atoms with Crippen molar-refractivity contribution in [3.05, 3.63) is 65.7 Å². The Morgan fingerprint density at radius 2 is 1.78 bits per heavy atom. The number of carbonyl (C=O) groups excluding carboxylic acids is 1. The van der Waals surface area contributed by atoms with Gasteiger partial charge in [0.05, 0.1) is 0 Å². The average Bonchev–Trinajstić information content (AvgIpc) is 3.22. The number of amides is 2. The van der Waals surface area contributed by atoms with Crippen LogP contribution in [0.5, 0.6) is 0 Å². The van der Waals surface area contributed by atoms with Crippen LogP contribution in [0.3, 0.4) is 0 Å². The Bertz CT molecular complexity index is 698. The molecule has 2 aliphatic rings. The molecule has 2 heterocycles. The van der Waals surface area contributed by atoms with E-state index >= 15 is 0 Å². The minimum atomic E-state index is 0.188. The van der Waals surface area contributed by atoms with Crippen LogP contribution in [-0.2, 0) is 12.8 Å². The average molecular weight is 306 g/mol. The first kappa shape index (κ1) is 14.3. The van der Waals surface area contributed by atoms with E-state index in [2.05, 4.69) is 47.4 Å². The summed E-state index contributed by atoms with van der Waals surface area (Å²) in [6.45, 7) is 1.70. The first-order valence-corrected chi connectivity index (χ1v) is 8.53. The monoisotopic (exact) mass is 306 g/mol. The second kappa shape index (κ2) is 6.07. The molecule has 0 spiro atoms. The second-order valence-corrected chi connectivity index (χ2v) is 6.49. The highest BCUT2D eigenvalue weighted by molar-refractivity contribution is 5.94. The van der Waals surface area contributed by atoms with Crippen molar-refractivity contribution < 1.29 is 4.79 Å². The van der Waals surface area contributed by atoms with Crippen molar-refractivity contribution in [1.82, 2.24) is 4.90 Å². The topological polar surface area (TPSA) is 23.6 Å². The van der Waals surface area contributed by atoms with Gasteiger partial charge in [0, 0.05) is 24.8 Å². The Labute approximate surface area is 137 Å². The third-order valence-corrected chi connectivity index (χ3v) is 5.06. The van der Waals surface area contributed by atoms with Gasteiger partial charge in [-0.25, -0.2) is 4.79 Å². The summed E-state index contributed by atoms with van der Waals surface area (Å²) in [6, 6.07) is 19.3. The van der Waals surface area contributed by atoms with E-state index in [-0.39, 0.29) is 6.03 Å². The summed E-state index contributed by atoms with van der Waals surface area (Å²) in [6.07, 6.45) is 4.15. The van der Waals surface area contributed by atoms with E-state index in [0.29, 0.717) is 6.04 Å². The fraction of sp³-hybridized carbons (Fsp3) is 0.350. The minimum absolute atomic E-state index is 0.188. The largest absolute Gasteiger partial charge is 0.324 e. The van der Waals surface area contributed by atoms with Gasteiger partial charge in [-0.2, -0.15) is 0 Å². The molecular weight excluding hydrogens is 284 g/mol. The molecule has 1 saturated heterocycles. The molecule has 3 nitrogen and oxygen atoms in total. The van der Waals surface area contributed by atoms with Crippen molar-refractivity contribution in [1.29, 1.82) is 0 Å². The van der Waals surface area contributed by atoms with E-state index in [1.807, 2.05) is 17.0 Å². The smallest absolute Gasteiger partial charge is 0.321 e. The highest BCUT2D eigenvalue weighted by Gasteiger charge is 2.34. The number of urea groups is 1. The highest BCUT2D eigenvalue weighted by atomic mass is 16.2. The Kier molecular flexibility index (Phi) is 3.78. The molecule has 2 amide bonds. The van der Waals surface area contributed by atoms with E-state index in [4.69, 9.17) is 0 Å². The van der Waals surface area contributed by atoms with E-state index in [1.54, 1.807) is 0 Å². The standard InChI is InChI=1S/C20H22N2O/c23-20(22-14-12-17-9-4-5-11-19(17)22)21-13-6-10-18(21)15-16-7-2-1-3-8-16/h1-5,7-9,11,18H,6,10,12-15H2. The lowest BCUT2D eigenvalue weighted by molar-refractivity contribution is 0.199. The Morgan fingerprint density at radius 1 is 1.00 bits per heavy atom. The van der Waals surface area contributed by atoms with Crippen molar-refractivity contribution >= 4 is 11.7 Å². The van der Waals surface area contributed by atoms with Crippen molar-refractivity contribution in [3.63, 3.8) is 0 Å². The van der Waals surface area contributed by atoms with Gasteiger partial charge in [-0.15, -0.1) is 0 Å². The zero-order valence-electron chi connectivity index (χ0n) is 13.3. The minimum Gasteiger partial charge on any atom is -0.321 e. The third kappa shape index (κ3) is 2.72. The maximum atomic E-state index is 13.1. The highest BCUT2D eigenvalue weighted by Crippen LogP contribution is 2.31. The third-order valence-electron chi connectivity index (χ3n) is 5.06. The van der Waals surface area contributed by atoms with E-state index in [9.17, 15) is 4.79 Å². The SMILES string of the molecule is O=C(N1CCc2ccccc21)N1CCCC1Cc1ccccc1. The number of nitrogens with zero attached hydrogens (tertiary/aromatic N) is 2. The number of likely N-dealkylation sites (tertiary alicyclic amines) is 1. The van der Waals surface area contributed by atoms with Gasteiger partial charge < -0.3 is 4.90 Å². The van der Waals surface area contributed by atoms with Crippen LogP contribution in [0.25, 0.3) is 0 Å². The molecule has 0 aliphatic carbocycles. The normalized spacial score (nSPS) is 19.9. The van der Waals surface area contributed by atoms with Gasteiger partial charge in [-0.3, -0.25) is 4.90 Å². The van der Waals surface area contributed by atoms with Gasteiger partial charge >= 0.3 is 6.03 Å². The second-order valence-electron chi connectivity index (χ2n) is 6.49. The van der Waals surface area contributed by atoms with Crippen LogP contribution in [0, 0.1) is 0 Å². The van der Waals surface area contributed by atoms with Crippen molar-refractivity contribution in [3.8, 4) is 0 Å². The Hall–Kier alpha value is -2.29. The molecule has 2 aromatic rings. The maximum absolute atomic E-state index is 13.1. The summed E-state index contributed by atoms with van der Waals surface area (Å²) >= 11 is 0. The number of rotatable bonds is 2. The van der Waals surface area contributed by atoms with E-state index in [1.165, 1.54) is 11.1 Å². The molecule has 2 aliphatic heterocycles. The molecule has 1 unspecified atom stereocenters. The molecule has 118 valence electrons. The molecule has 3 heteroatoms. The number of benzene rings is 2.